The van der Waals surface area contributed by atoms with Crippen molar-refractivity contribution in [2.75, 3.05) is 4.90 Å². The number of rotatable bonds is 7. The lowest BCUT2D eigenvalue weighted by molar-refractivity contribution is -0.126. The molecule has 1 aromatic carbocycles. The maximum Gasteiger partial charge on any atom is 0.272 e. The van der Waals surface area contributed by atoms with E-state index in [2.05, 4.69) is 18.3 Å². The van der Waals surface area contributed by atoms with E-state index >= 15 is 0 Å². The predicted molar refractivity (Wildman–Crippen MR) is 136 cm³/mol. The predicted octanol–water partition coefficient (Wildman–Crippen LogP) is 5.97. The molecule has 3 aliphatic rings. The molecule has 1 saturated heterocycles. The molecule has 3 amide bonds. The standard InChI is InChI=1S/C26H31Cl3N2O3/c1-2-3-4-6-10-17-15-16-11-9-14-19(30-25(34)26(27,28)29)20(16)22-21(17)23(32)31(24(22)33)18-12-7-5-8-13-18/h5,7-8,12-13,15,17,19-22H,2-4,6,9-11,14H2,1H3,(H,30,34)/t17-,19+,20-,21-,22+/m0/s1. The topological polar surface area (TPSA) is 66.5 Å². The lowest BCUT2D eigenvalue weighted by Crippen LogP contribution is -2.52. The Kier molecular flexibility index (Phi) is 7.95. The average Bonchev–Trinajstić information content (AvgIpc) is 3.07. The van der Waals surface area contributed by atoms with E-state index in [4.69, 9.17) is 34.8 Å². The summed E-state index contributed by atoms with van der Waals surface area (Å²) in [4.78, 5) is 41.4. The van der Waals surface area contributed by atoms with Crippen LogP contribution in [0.3, 0.4) is 0 Å². The van der Waals surface area contributed by atoms with E-state index in [1.165, 1.54) is 4.90 Å². The van der Waals surface area contributed by atoms with E-state index < -0.39 is 21.5 Å². The van der Waals surface area contributed by atoms with E-state index in [0.717, 1.165) is 50.5 Å². The Bertz CT molecular complexity index is 960. The monoisotopic (exact) mass is 524 g/mol. The fourth-order valence-electron chi connectivity index (χ4n) is 6.04. The molecule has 0 radical (unpaired) electrons. The van der Waals surface area contributed by atoms with E-state index in [1.54, 1.807) is 12.1 Å². The van der Waals surface area contributed by atoms with Crippen molar-refractivity contribution in [3.8, 4) is 0 Å². The summed E-state index contributed by atoms with van der Waals surface area (Å²) in [6.45, 7) is 2.17. The van der Waals surface area contributed by atoms with Crippen LogP contribution in [0, 0.1) is 23.7 Å². The minimum atomic E-state index is -2.08. The summed E-state index contributed by atoms with van der Waals surface area (Å²) >= 11 is 17.5. The maximum atomic E-state index is 13.8. The highest BCUT2D eigenvalue weighted by atomic mass is 35.6. The third kappa shape index (κ3) is 5.03. The minimum absolute atomic E-state index is 0.0147. The zero-order chi connectivity index (χ0) is 24.5. The molecule has 5 nitrogen and oxygen atoms in total. The van der Waals surface area contributed by atoms with Gasteiger partial charge in [-0.25, -0.2) is 0 Å². The van der Waals surface area contributed by atoms with Crippen LogP contribution in [0.2, 0.25) is 0 Å². The molecule has 34 heavy (non-hydrogen) atoms. The molecule has 0 aromatic heterocycles. The van der Waals surface area contributed by atoms with E-state index in [9.17, 15) is 14.4 Å². The van der Waals surface area contributed by atoms with Gasteiger partial charge in [-0.2, -0.15) is 0 Å². The van der Waals surface area contributed by atoms with Crippen LogP contribution < -0.4 is 10.2 Å². The quantitative estimate of drug-likeness (QED) is 0.206. The van der Waals surface area contributed by atoms with Gasteiger partial charge < -0.3 is 5.32 Å². The Balaban J connectivity index is 1.69. The van der Waals surface area contributed by atoms with Crippen molar-refractivity contribution in [1.82, 2.24) is 5.32 Å². The highest BCUT2D eigenvalue weighted by Gasteiger charge is 2.58. The summed E-state index contributed by atoms with van der Waals surface area (Å²) in [7, 11) is 0. The Hall–Kier alpha value is -1.56. The van der Waals surface area contributed by atoms with Gasteiger partial charge in [0.15, 0.2) is 0 Å². The third-order valence-corrected chi connectivity index (χ3v) is 8.01. The Morgan fingerprint density at radius 2 is 1.74 bits per heavy atom. The summed E-state index contributed by atoms with van der Waals surface area (Å²) in [5.74, 6) is -2.25. The normalized spacial score (nSPS) is 28.9. The Morgan fingerprint density at radius 3 is 2.41 bits per heavy atom. The maximum absolute atomic E-state index is 13.8. The number of allylic oxidation sites excluding steroid dienone is 1. The van der Waals surface area contributed by atoms with E-state index in [-0.39, 0.29) is 29.7 Å². The van der Waals surface area contributed by atoms with Crippen molar-refractivity contribution >= 4 is 58.2 Å². The first-order valence-corrected chi connectivity index (χ1v) is 13.4. The summed E-state index contributed by atoms with van der Waals surface area (Å²) < 4.78 is -2.08. The Labute approximate surface area is 216 Å². The number of alkyl halides is 3. The number of unbranched alkanes of at least 4 members (excludes halogenated alkanes) is 3. The number of hydrogen-bond acceptors (Lipinski definition) is 3. The Morgan fingerprint density at radius 1 is 1.03 bits per heavy atom. The van der Waals surface area contributed by atoms with Gasteiger partial charge in [-0.15, -0.1) is 0 Å². The summed E-state index contributed by atoms with van der Waals surface area (Å²) in [6, 6.07) is 8.75. The number of benzene rings is 1. The van der Waals surface area contributed by atoms with Gasteiger partial charge >= 0.3 is 0 Å². The van der Waals surface area contributed by atoms with Crippen LogP contribution in [0.1, 0.15) is 58.3 Å². The first-order valence-electron chi connectivity index (χ1n) is 12.2. The summed E-state index contributed by atoms with van der Waals surface area (Å²) in [6.07, 6.45) is 9.95. The summed E-state index contributed by atoms with van der Waals surface area (Å²) in [5.41, 5.74) is 1.74. The number of para-hydroxylation sites is 1. The molecule has 1 heterocycles. The molecule has 1 aromatic rings. The number of carbonyl (C=O) groups excluding carboxylic acids is 3. The number of fused-ring (bicyclic) bond motifs is 3. The number of imide groups is 1. The van der Waals surface area contributed by atoms with Crippen LogP contribution in [0.25, 0.3) is 0 Å². The first kappa shape index (κ1) is 25.5. The van der Waals surface area contributed by atoms with Crippen molar-refractivity contribution in [2.24, 2.45) is 23.7 Å². The molecular formula is C26H31Cl3N2O3. The molecule has 1 N–H and O–H groups in total. The van der Waals surface area contributed by atoms with Crippen molar-refractivity contribution in [3.05, 3.63) is 42.0 Å². The van der Waals surface area contributed by atoms with E-state index in [0.29, 0.717) is 12.1 Å². The second-order valence-electron chi connectivity index (χ2n) is 9.65. The number of halogens is 3. The van der Waals surface area contributed by atoms with Gasteiger partial charge in [0.2, 0.25) is 11.8 Å². The fraction of sp³-hybridized carbons (Fsp3) is 0.577. The fourth-order valence-corrected chi connectivity index (χ4v) is 6.20. The highest BCUT2D eigenvalue weighted by molar-refractivity contribution is 6.76. The van der Waals surface area contributed by atoms with Gasteiger partial charge in [-0.05, 0) is 43.7 Å². The third-order valence-electron chi connectivity index (χ3n) is 7.50. The van der Waals surface area contributed by atoms with Crippen LogP contribution in [-0.4, -0.2) is 27.6 Å². The van der Waals surface area contributed by atoms with Crippen LogP contribution >= 0.6 is 34.8 Å². The van der Waals surface area contributed by atoms with Crippen molar-refractivity contribution in [2.45, 2.75) is 68.1 Å². The molecule has 4 rings (SSSR count). The number of anilines is 1. The van der Waals surface area contributed by atoms with Crippen LogP contribution in [0.5, 0.6) is 0 Å². The molecule has 2 fully saturated rings. The second-order valence-corrected chi connectivity index (χ2v) is 11.9. The van der Waals surface area contributed by atoms with Crippen LogP contribution in [0.15, 0.2) is 42.0 Å². The molecule has 0 bridgehead atoms. The molecule has 5 atom stereocenters. The summed E-state index contributed by atoms with van der Waals surface area (Å²) in [5, 5.41) is 2.88. The lowest BCUT2D eigenvalue weighted by atomic mass is 9.61. The molecule has 2 aliphatic carbocycles. The smallest absolute Gasteiger partial charge is 0.272 e. The highest BCUT2D eigenvalue weighted by Crippen LogP contribution is 2.51. The van der Waals surface area contributed by atoms with Gasteiger partial charge in [0, 0.05) is 12.0 Å². The van der Waals surface area contributed by atoms with Crippen molar-refractivity contribution in [1.29, 1.82) is 0 Å². The molecule has 1 saturated carbocycles. The van der Waals surface area contributed by atoms with Gasteiger partial charge in [0.1, 0.15) is 0 Å². The minimum Gasteiger partial charge on any atom is -0.349 e. The molecule has 0 spiro atoms. The zero-order valence-electron chi connectivity index (χ0n) is 19.3. The SMILES string of the molecule is CCCCCC[C@H]1C=C2CCC[C@@H](NC(=O)C(Cl)(Cl)Cl)[C@H]2[C@H]2C(=O)N(c3ccccc3)C(=O)[C@H]21. The number of amides is 3. The van der Waals surface area contributed by atoms with Crippen LogP contribution in [-0.2, 0) is 14.4 Å². The number of nitrogens with one attached hydrogen (secondary N) is 1. The molecule has 0 unspecified atom stereocenters. The molecular weight excluding hydrogens is 495 g/mol. The molecule has 8 heteroatoms. The van der Waals surface area contributed by atoms with Crippen LogP contribution in [0.4, 0.5) is 5.69 Å². The molecule has 184 valence electrons. The average molecular weight is 526 g/mol. The largest absolute Gasteiger partial charge is 0.349 e. The van der Waals surface area contributed by atoms with E-state index in [1.807, 2.05) is 18.2 Å². The van der Waals surface area contributed by atoms with Crippen molar-refractivity contribution < 1.29 is 14.4 Å². The van der Waals surface area contributed by atoms with Crippen molar-refractivity contribution in [3.63, 3.8) is 0 Å². The number of nitrogens with zero attached hydrogens (tertiary/aromatic N) is 1. The van der Waals surface area contributed by atoms with Gasteiger partial charge in [0.25, 0.3) is 9.70 Å². The number of hydrogen-bond donors (Lipinski definition) is 1. The number of carbonyl (C=O) groups is 3. The lowest BCUT2D eigenvalue weighted by Gasteiger charge is -2.43. The molecule has 1 aliphatic heterocycles. The zero-order valence-corrected chi connectivity index (χ0v) is 21.6. The first-order chi connectivity index (χ1) is 16.2. The van der Waals surface area contributed by atoms with Gasteiger partial charge in [-0.1, -0.05) is 97.3 Å². The second kappa shape index (κ2) is 10.6. The van der Waals surface area contributed by atoms with Gasteiger partial charge in [0.05, 0.1) is 17.5 Å². The van der Waals surface area contributed by atoms with Gasteiger partial charge in [-0.3, -0.25) is 19.3 Å².